The van der Waals surface area contributed by atoms with Crippen molar-refractivity contribution in [2.24, 2.45) is 0 Å². The molecule has 5 heteroatoms. The highest BCUT2D eigenvalue weighted by molar-refractivity contribution is 5.65. The highest BCUT2D eigenvalue weighted by Crippen LogP contribution is 2.24. The van der Waals surface area contributed by atoms with Crippen LogP contribution < -0.4 is 10.5 Å². The summed E-state index contributed by atoms with van der Waals surface area (Å²) in [5.41, 5.74) is 8.64. The van der Waals surface area contributed by atoms with Gasteiger partial charge in [0.15, 0.2) is 0 Å². The second-order valence-corrected chi connectivity index (χ2v) is 4.29. The van der Waals surface area contributed by atoms with E-state index in [0.29, 0.717) is 11.7 Å². The Morgan fingerprint density at radius 3 is 2.55 bits per heavy atom. The zero-order valence-corrected chi connectivity index (χ0v) is 11.0. The average molecular weight is 266 g/mol. The van der Waals surface area contributed by atoms with Gasteiger partial charge in [-0.05, 0) is 6.07 Å². The first-order valence-corrected chi connectivity index (χ1v) is 6.19. The highest BCUT2D eigenvalue weighted by Gasteiger charge is 2.10. The molecule has 2 aromatic heterocycles. The normalized spacial score (nSPS) is 10.4. The summed E-state index contributed by atoms with van der Waals surface area (Å²) < 4.78 is 6.83. The molecule has 0 atom stereocenters. The van der Waals surface area contributed by atoms with Crippen molar-refractivity contribution in [3.05, 3.63) is 54.7 Å². The van der Waals surface area contributed by atoms with Crippen LogP contribution in [0.3, 0.4) is 0 Å². The summed E-state index contributed by atoms with van der Waals surface area (Å²) in [5.74, 6) is 1.04. The van der Waals surface area contributed by atoms with Gasteiger partial charge in [-0.3, -0.25) is 0 Å². The number of hydrogen-bond donors (Lipinski definition) is 1. The monoisotopic (exact) mass is 266 g/mol. The number of hydrogen-bond acceptors (Lipinski definition) is 4. The molecule has 0 amide bonds. The number of rotatable bonds is 3. The molecule has 20 heavy (non-hydrogen) atoms. The molecule has 0 aliphatic rings. The minimum absolute atomic E-state index is 0.472. The van der Waals surface area contributed by atoms with Crippen molar-refractivity contribution in [2.45, 2.75) is 0 Å². The summed E-state index contributed by atoms with van der Waals surface area (Å²) in [6.07, 6.45) is 1.71. The topological polar surface area (TPSA) is 66.0 Å². The number of pyridine rings is 1. The predicted octanol–water partition coefficient (Wildman–Crippen LogP) is 2.53. The molecule has 0 fully saturated rings. The third-order valence-corrected chi connectivity index (χ3v) is 2.97. The molecule has 1 aromatic carbocycles. The van der Waals surface area contributed by atoms with Crippen LogP contribution >= 0.6 is 0 Å². The Labute approximate surface area is 116 Å². The molecule has 0 radical (unpaired) electrons. The van der Waals surface area contributed by atoms with Crippen LogP contribution in [0.25, 0.3) is 16.9 Å². The maximum Gasteiger partial charge on any atom is 0.213 e. The largest absolute Gasteiger partial charge is 0.481 e. The molecule has 0 aliphatic heterocycles. The summed E-state index contributed by atoms with van der Waals surface area (Å²) >= 11 is 0. The smallest absolute Gasteiger partial charge is 0.213 e. The SMILES string of the molecule is COc1ccc(-n2nc(N)cc2-c2ccccc2)cn1. The number of nitrogens with zero attached hydrogens (tertiary/aromatic N) is 3. The van der Waals surface area contributed by atoms with Crippen LogP contribution in [-0.4, -0.2) is 21.9 Å². The summed E-state index contributed by atoms with van der Waals surface area (Å²) in [4.78, 5) is 4.19. The lowest BCUT2D eigenvalue weighted by atomic mass is 10.1. The van der Waals surface area contributed by atoms with Crippen LogP contribution in [-0.2, 0) is 0 Å². The van der Waals surface area contributed by atoms with E-state index < -0.39 is 0 Å². The zero-order chi connectivity index (χ0) is 13.9. The third-order valence-electron chi connectivity index (χ3n) is 2.97. The molecule has 5 nitrogen and oxygen atoms in total. The van der Waals surface area contributed by atoms with Gasteiger partial charge in [-0.15, -0.1) is 0 Å². The first-order valence-electron chi connectivity index (χ1n) is 6.19. The Hall–Kier alpha value is -2.82. The van der Waals surface area contributed by atoms with Crippen molar-refractivity contribution in [1.82, 2.24) is 14.8 Å². The summed E-state index contributed by atoms with van der Waals surface area (Å²) in [6, 6.07) is 15.5. The van der Waals surface area contributed by atoms with Crippen LogP contribution in [0.15, 0.2) is 54.7 Å². The van der Waals surface area contributed by atoms with Crippen LogP contribution in [0.1, 0.15) is 0 Å². The Kier molecular flexibility index (Phi) is 3.09. The van der Waals surface area contributed by atoms with Gasteiger partial charge in [-0.1, -0.05) is 30.3 Å². The van der Waals surface area contributed by atoms with Crippen molar-refractivity contribution in [2.75, 3.05) is 12.8 Å². The first kappa shape index (κ1) is 12.2. The molecule has 2 heterocycles. The quantitative estimate of drug-likeness (QED) is 0.791. The number of ether oxygens (including phenoxy) is 1. The van der Waals surface area contributed by atoms with E-state index in [1.54, 1.807) is 24.1 Å². The second kappa shape index (κ2) is 5.05. The molecule has 0 bridgehead atoms. The summed E-state index contributed by atoms with van der Waals surface area (Å²) in [6.45, 7) is 0. The van der Waals surface area contributed by atoms with E-state index in [1.165, 1.54) is 0 Å². The number of nitrogens with two attached hydrogens (primary N) is 1. The van der Waals surface area contributed by atoms with Gasteiger partial charge >= 0.3 is 0 Å². The van der Waals surface area contributed by atoms with Gasteiger partial charge in [0.2, 0.25) is 5.88 Å². The van der Waals surface area contributed by atoms with Crippen LogP contribution in [0.2, 0.25) is 0 Å². The van der Waals surface area contributed by atoms with E-state index in [1.807, 2.05) is 42.5 Å². The van der Waals surface area contributed by atoms with Crippen LogP contribution in [0.5, 0.6) is 5.88 Å². The van der Waals surface area contributed by atoms with Gasteiger partial charge in [0.1, 0.15) is 5.82 Å². The van der Waals surface area contributed by atoms with Gasteiger partial charge in [0, 0.05) is 17.7 Å². The second-order valence-electron chi connectivity index (χ2n) is 4.29. The van der Waals surface area contributed by atoms with Crippen molar-refractivity contribution in [3.63, 3.8) is 0 Å². The number of benzene rings is 1. The van der Waals surface area contributed by atoms with Gasteiger partial charge in [-0.2, -0.15) is 5.10 Å². The van der Waals surface area contributed by atoms with Gasteiger partial charge in [-0.25, -0.2) is 9.67 Å². The fraction of sp³-hybridized carbons (Fsp3) is 0.0667. The van der Waals surface area contributed by atoms with Crippen LogP contribution in [0.4, 0.5) is 5.82 Å². The zero-order valence-electron chi connectivity index (χ0n) is 11.0. The van der Waals surface area contributed by atoms with E-state index in [2.05, 4.69) is 10.1 Å². The Balaban J connectivity index is 2.09. The van der Waals surface area contributed by atoms with Crippen LogP contribution in [0, 0.1) is 0 Å². The number of aromatic nitrogens is 3. The molecule has 0 spiro atoms. The van der Waals surface area contributed by atoms with Gasteiger partial charge in [0.05, 0.1) is 24.7 Å². The lowest BCUT2D eigenvalue weighted by Gasteiger charge is -2.07. The molecule has 100 valence electrons. The van der Waals surface area contributed by atoms with Crippen molar-refractivity contribution in [1.29, 1.82) is 0 Å². The standard InChI is InChI=1S/C15H14N4O/c1-20-15-8-7-12(10-17-15)19-13(9-14(16)18-19)11-5-3-2-4-6-11/h2-10H,1H3,(H2,16,18). The van der Waals surface area contributed by atoms with E-state index in [4.69, 9.17) is 10.5 Å². The minimum atomic E-state index is 0.472. The predicted molar refractivity (Wildman–Crippen MR) is 77.8 cm³/mol. The summed E-state index contributed by atoms with van der Waals surface area (Å²) in [5, 5.41) is 4.33. The maximum atomic E-state index is 5.83. The molecule has 3 aromatic rings. The molecule has 2 N–H and O–H groups in total. The number of anilines is 1. The van der Waals surface area contributed by atoms with Crippen molar-refractivity contribution < 1.29 is 4.74 Å². The van der Waals surface area contributed by atoms with E-state index in [-0.39, 0.29) is 0 Å². The fourth-order valence-corrected chi connectivity index (χ4v) is 2.03. The lowest BCUT2D eigenvalue weighted by molar-refractivity contribution is 0.397. The molecular formula is C15H14N4O. The third kappa shape index (κ3) is 2.21. The Morgan fingerprint density at radius 1 is 1.10 bits per heavy atom. The minimum Gasteiger partial charge on any atom is -0.481 e. The summed E-state index contributed by atoms with van der Waals surface area (Å²) in [7, 11) is 1.59. The lowest BCUT2D eigenvalue weighted by Crippen LogP contribution is -2.00. The van der Waals surface area contributed by atoms with Crippen molar-refractivity contribution >= 4 is 5.82 Å². The fourth-order valence-electron chi connectivity index (χ4n) is 2.03. The van der Waals surface area contributed by atoms with E-state index >= 15 is 0 Å². The van der Waals surface area contributed by atoms with Gasteiger partial charge < -0.3 is 10.5 Å². The highest BCUT2D eigenvalue weighted by atomic mass is 16.5. The molecule has 0 unspecified atom stereocenters. The Bertz CT molecular complexity index is 704. The Morgan fingerprint density at radius 2 is 1.90 bits per heavy atom. The molecule has 0 aliphatic carbocycles. The van der Waals surface area contributed by atoms with Gasteiger partial charge in [0.25, 0.3) is 0 Å². The number of nitrogen functional groups attached to an aromatic ring is 1. The molecule has 3 rings (SSSR count). The molecular weight excluding hydrogens is 252 g/mol. The van der Waals surface area contributed by atoms with E-state index in [9.17, 15) is 0 Å². The molecule has 0 saturated carbocycles. The first-order chi connectivity index (χ1) is 9.78. The number of methoxy groups -OCH3 is 1. The average Bonchev–Trinajstić information content (AvgIpc) is 2.90. The van der Waals surface area contributed by atoms with Crippen molar-refractivity contribution in [3.8, 4) is 22.8 Å². The molecule has 0 saturated heterocycles. The van der Waals surface area contributed by atoms with E-state index in [0.717, 1.165) is 16.9 Å². The maximum absolute atomic E-state index is 5.83.